The summed E-state index contributed by atoms with van der Waals surface area (Å²) >= 11 is 0. The Kier molecular flexibility index (Phi) is 12.3. The molecule has 0 saturated heterocycles. The lowest BCUT2D eigenvalue weighted by Crippen LogP contribution is -2.57. The van der Waals surface area contributed by atoms with E-state index in [-0.39, 0.29) is 25.9 Å². The number of amides is 3. The zero-order valence-electron chi connectivity index (χ0n) is 24.7. The van der Waals surface area contributed by atoms with Crippen molar-refractivity contribution in [3.05, 3.63) is 71.8 Å². The molecule has 2 aromatic carbocycles. The molecule has 0 bridgehead atoms. The van der Waals surface area contributed by atoms with Gasteiger partial charge in [-0.15, -0.1) is 0 Å². The molecule has 0 aromatic heterocycles. The normalized spacial score (nSPS) is 13.7. The molecular formula is C31H42FN3O6. The van der Waals surface area contributed by atoms with Crippen LogP contribution in [0.2, 0.25) is 0 Å². The molecule has 224 valence electrons. The van der Waals surface area contributed by atoms with Gasteiger partial charge in [0.25, 0.3) is 0 Å². The Morgan fingerprint density at radius 2 is 1.17 bits per heavy atom. The summed E-state index contributed by atoms with van der Waals surface area (Å²) in [4.78, 5) is 52.3. The van der Waals surface area contributed by atoms with Crippen LogP contribution >= 0.6 is 0 Å². The standard InChI is InChI=1S/C31H42FN3O6/c1-7-40-28(38)25(20-31(5,6)32)34-26(36)23(18-21-14-10-8-11-15-21)33-27(37)24(19-22-16-12-9-13-17-22)35-29(39)41-30(2,3)4/h8-17,23-25H,7,18-20H2,1-6H3,(H,33,37)(H,34,36)(H,35,39). The van der Waals surface area contributed by atoms with Crippen molar-refractivity contribution in [1.82, 2.24) is 16.0 Å². The van der Waals surface area contributed by atoms with Gasteiger partial charge < -0.3 is 25.4 Å². The van der Waals surface area contributed by atoms with Crippen LogP contribution in [0.1, 0.15) is 59.1 Å². The lowest BCUT2D eigenvalue weighted by molar-refractivity contribution is -0.148. The van der Waals surface area contributed by atoms with Crippen molar-refractivity contribution >= 4 is 23.9 Å². The first-order valence-electron chi connectivity index (χ1n) is 13.7. The third-order valence-corrected chi connectivity index (χ3v) is 5.78. The number of hydrogen-bond donors (Lipinski definition) is 3. The maximum atomic E-state index is 14.5. The van der Waals surface area contributed by atoms with E-state index in [4.69, 9.17) is 9.47 Å². The van der Waals surface area contributed by atoms with Crippen LogP contribution < -0.4 is 16.0 Å². The molecule has 3 N–H and O–H groups in total. The van der Waals surface area contributed by atoms with Crippen LogP contribution in [0.3, 0.4) is 0 Å². The SMILES string of the molecule is CCOC(=O)C(CC(C)(C)F)NC(=O)C(Cc1ccccc1)NC(=O)C(Cc1ccccc1)NC(=O)OC(C)(C)C. The Morgan fingerprint density at radius 3 is 1.59 bits per heavy atom. The molecule has 0 aliphatic carbocycles. The largest absolute Gasteiger partial charge is 0.464 e. The molecular weight excluding hydrogens is 529 g/mol. The molecule has 3 unspecified atom stereocenters. The molecule has 3 atom stereocenters. The molecule has 0 spiro atoms. The first kappa shape index (κ1) is 33.3. The van der Waals surface area contributed by atoms with Gasteiger partial charge in [-0.05, 0) is 52.7 Å². The third-order valence-electron chi connectivity index (χ3n) is 5.78. The van der Waals surface area contributed by atoms with Gasteiger partial charge in [0.05, 0.1) is 6.61 Å². The van der Waals surface area contributed by atoms with E-state index in [1.54, 1.807) is 52.0 Å². The van der Waals surface area contributed by atoms with Gasteiger partial charge in [-0.1, -0.05) is 60.7 Å². The summed E-state index contributed by atoms with van der Waals surface area (Å²) < 4.78 is 24.9. The van der Waals surface area contributed by atoms with Crippen LogP contribution in [0.15, 0.2) is 60.7 Å². The summed E-state index contributed by atoms with van der Waals surface area (Å²) in [5.74, 6) is -2.10. The van der Waals surface area contributed by atoms with Gasteiger partial charge in [-0.3, -0.25) is 9.59 Å². The Balaban J connectivity index is 2.33. The highest BCUT2D eigenvalue weighted by molar-refractivity contribution is 5.93. The Bertz CT molecular complexity index is 1150. The van der Waals surface area contributed by atoms with Crippen molar-refractivity contribution in [2.45, 2.75) is 90.2 Å². The summed E-state index contributed by atoms with van der Waals surface area (Å²) in [6, 6.07) is 14.6. The van der Waals surface area contributed by atoms with Gasteiger partial charge in [-0.2, -0.15) is 0 Å². The van der Waals surface area contributed by atoms with Gasteiger partial charge in [0.2, 0.25) is 11.8 Å². The number of benzene rings is 2. The van der Waals surface area contributed by atoms with Crippen molar-refractivity contribution in [3.8, 4) is 0 Å². The van der Waals surface area contributed by atoms with Crippen molar-refractivity contribution in [3.63, 3.8) is 0 Å². The van der Waals surface area contributed by atoms with Crippen molar-refractivity contribution in [1.29, 1.82) is 0 Å². The highest BCUT2D eigenvalue weighted by Crippen LogP contribution is 2.18. The fourth-order valence-corrected chi connectivity index (χ4v) is 4.03. The zero-order chi connectivity index (χ0) is 30.6. The molecule has 0 aliphatic rings. The summed E-state index contributed by atoms with van der Waals surface area (Å²) in [5, 5.41) is 7.90. The Hall–Kier alpha value is -3.95. The molecule has 10 heteroatoms. The van der Waals surface area contributed by atoms with Crippen molar-refractivity contribution < 1.29 is 33.0 Å². The zero-order valence-corrected chi connectivity index (χ0v) is 24.7. The average Bonchev–Trinajstić information content (AvgIpc) is 2.87. The van der Waals surface area contributed by atoms with E-state index in [9.17, 15) is 23.6 Å². The number of carbonyl (C=O) groups is 4. The molecule has 0 aliphatic heterocycles. The van der Waals surface area contributed by atoms with E-state index in [1.165, 1.54) is 13.8 Å². The quantitative estimate of drug-likeness (QED) is 0.312. The Labute approximate surface area is 241 Å². The minimum Gasteiger partial charge on any atom is -0.464 e. The second-order valence-corrected chi connectivity index (χ2v) is 11.4. The molecule has 0 saturated carbocycles. The molecule has 9 nitrogen and oxygen atoms in total. The number of esters is 1. The number of alkyl carbamates (subject to hydrolysis) is 1. The smallest absolute Gasteiger partial charge is 0.408 e. The van der Waals surface area contributed by atoms with E-state index >= 15 is 0 Å². The topological polar surface area (TPSA) is 123 Å². The second-order valence-electron chi connectivity index (χ2n) is 11.4. The van der Waals surface area contributed by atoms with Gasteiger partial charge in [0.1, 0.15) is 29.4 Å². The average molecular weight is 572 g/mol. The lowest BCUT2D eigenvalue weighted by Gasteiger charge is -2.27. The van der Waals surface area contributed by atoms with E-state index < -0.39 is 53.3 Å². The summed E-state index contributed by atoms with van der Waals surface area (Å²) in [7, 11) is 0. The van der Waals surface area contributed by atoms with Crippen LogP contribution in [0.25, 0.3) is 0 Å². The highest BCUT2D eigenvalue weighted by Gasteiger charge is 2.34. The van der Waals surface area contributed by atoms with Gasteiger partial charge in [0, 0.05) is 19.3 Å². The highest BCUT2D eigenvalue weighted by atomic mass is 19.1. The fourth-order valence-electron chi connectivity index (χ4n) is 4.03. The number of alkyl halides is 1. The predicted octanol–water partition coefficient (Wildman–Crippen LogP) is 4.04. The minimum absolute atomic E-state index is 0.0552. The Morgan fingerprint density at radius 1 is 0.732 bits per heavy atom. The number of carbonyl (C=O) groups excluding carboxylic acids is 4. The van der Waals surface area contributed by atoms with Crippen LogP contribution in [0, 0.1) is 0 Å². The summed E-state index contributed by atoms with van der Waals surface area (Å²) in [6.45, 7) is 9.38. The summed E-state index contributed by atoms with van der Waals surface area (Å²) in [5.41, 5.74) is -1.05. The van der Waals surface area contributed by atoms with Gasteiger partial charge >= 0.3 is 12.1 Å². The first-order valence-corrected chi connectivity index (χ1v) is 13.7. The third kappa shape index (κ3) is 12.8. The maximum absolute atomic E-state index is 14.5. The van der Waals surface area contributed by atoms with Crippen LogP contribution in [0.5, 0.6) is 0 Å². The molecule has 3 amide bonds. The maximum Gasteiger partial charge on any atom is 0.408 e. The molecule has 0 fully saturated rings. The minimum atomic E-state index is -1.78. The number of rotatable bonds is 13. The number of halogens is 1. The van der Waals surface area contributed by atoms with E-state index in [0.717, 1.165) is 11.1 Å². The van der Waals surface area contributed by atoms with Crippen molar-refractivity contribution in [2.24, 2.45) is 0 Å². The van der Waals surface area contributed by atoms with E-state index in [1.807, 2.05) is 36.4 Å². The first-order chi connectivity index (χ1) is 19.2. The van der Waals surface area contributed by atoms with E-state index in [2.05, 4.69) is 16.0 Å². The molecule has 0 heterocycles. The molecule has 2 aromatic rings. The number of hydrogen-bond acceptors (Lipinski definition) is 6. The fraction of sp³-hybridized carbons (Fsp3) is 0.484. The molecule has 41 heavy (non-hydrogen) atoms. The molecule has 2 rings (SSSR count). The van der Waals surface area contributed by atoms with Gasteiger partial charge in [-0.25, -0.2) is 14.0 Å². The molecule has 0 radical (unpaired) electrons. The predicted molar refractivity (Wildman–Crippen MR) is 154 cm³/mol. The monoisotopic (exact) mass is 571 g/mol. The van der Waals surface area contributed by atoms with Crippen molar-refractivity contribution in [2.75, 3.05) is 6.61 Å². The van der Waals surface area contributed by atoms with Crippen LogP contribution in [-0.4, -0.2) is 59.9 Å². The second kappa shape index (κ2) is 15.2. The van der Waals surface area contributed by atoms with Crippen LogP contribution in [0.4, 0.5) is 9.18 Å². The van der Waals surface area contributed by atoms with Gasteiger partial charge in [0.15, 0.2) is 0 Å². The number of ether oxygens (including phenoxy) is 2. The number of nitrogens with one attached hydrogen (secondary N) is 3. The van der Waals surface area contributed by atoms with E-state index in [0.29, 0.717) is 0 Å². The lowest BCUT2D eigenvalue weighted by atomic mass is 9.99. The summed E-state index contributed by atoms with van der Waals surface area (Å²) in [6.07, 6.45) is -0.893. The van der Waals surface area contributed by atoms with Crippen LogP contribution in [-0.2, 0) is 36.7 Å².